The van der Waals surface area contributed by atoms with Crippen molar-refractivity contribution in [3.63, 3.8) is 0 Å². The van der Waals surface area contributed by atoms with E-state index in [1.165, 1.54) is 10.8 Å². The van der Waals surface area contributed by atoms with Gasteiger partial charge in [-0.15, -0.1) is 0 Å². The van der Waals surface area contributed by atoms with E-state index < -0.39 is 12.0 Å². The Morgan fingerprint density at radius 1 is 1.07 bits per heavy atom. The maximum Gasteiger partial charge on any atom is 0.281 e. The molecule has 7 heteroatoms. The van der Waals surface area contributed by atoms with Crippen LogP contribution >= 0.6 is 0 Å². The van der Waals surface area contributed by atoms with Crippen LogP contribution in [0.15, 0.2) is 59.8 Å². The van der Waals surface area contributed by atoms with E-state index in [1.54, 1.807) is 30.5 Å². The molecular formula is C20H16F2N4O. The fourth-order valence-electron chi connectivity index (χ4n) is 3.08. The smallest absolute Gasteiger partial charge is 0.280 e. The molecule has 0 unspecified atom stereocenters. The summed E-state index contributed by atoms with van der Waals surface area (Å²) in [6.45, 7) is 3.74. The SMILES string of the molecule is Cc1ccc(-n2cc(C(F)F)n3ncc(-c4ccnc(C)c4)c3c2=O)cc1. The molecule has 0 amide bonds. The molecule has 0 aliphatic carbocycles. The maximum absolute atomic E-state index is 13.7. The van der Waals surface area contributed by atoms with E-state index in [-0.39, 0.29) is 11.2 Å². The zero-order valence-electron chi connectivity index (χ0n) is 14.7. The second-order valence-electron chi connectivity index (χ2n) is 6.37. The fraction of sp³-hybridized carbons (Fsp3) is 0.150. The Balaban J connectivity index is 2.06. The van der Waals surface area contributed by atoms with Gasteiger partial charge < -0.3 is 0 Å². The van der Waals surface area contributed by atoms with Crippen LogP contribution in [0.4, 0.5) is 8.78 Å². The molecule has 0 saturated carbocycles. The predicted octanol–water partition coefficient (Wildman–Crippen LogP) is 4.10. The van der Waals surface area contributed by atoms with Crippen molar-refractivity contribution in [3.8, 4) is 16.8 Å². The first kappa shape index (κ1) is 17.1. The average Bonchev–Trinajstić information content (AvgIpc) is 3.08. The van der Waals surface area contributed by atoms with Gasteiger partial charge in [0.1, 0.15) is 11.2 Å². The number of halogens is 2. The van der Waals surface area contributed by atoms with E-state index in [0.29, 0.717) is 16.8 Å². The van der Waals surface area contributed by atoms with Crippen molar-refractivity contribution in [2.75, 3.05) is 0 Å². The molecular weight excluding hydrogens is 350 g/mol. The molecule has 4 rings (SSSR count). The van der Waals surface area contributed by atoms with Crippen molar-refractivity contribution in [3.05, 3.63) is 82.3 Å². The Labute approximate surface area is 153 Å². The summed E-state index contributed by atoms with van der Waals surface area (Å²) < 4.78 is 29.6. The van der Waals surface area contributed by atoms with E-state index in [4.69, 9.17) is 0 Å². The summed E-state index contributed by atoms with van der Waals surface area (Å²) in [5.74, 6) is 0. The third kappa shape index (κ3) is 2.91. The Bertz CT molecular complexity index is 1190. The molecule has 0 radical (unpaired) electrons. The number of fused-ring (bicyclic) bond motifs is 1. The predicted molar refractivity (Wildman–Crippen MR) is 98.5 cm³/mol. The van der Waals surface area contributed by atoms with Crippen molar-refractivity contribution in [1.29, 1.82) is 0 Å². The first-order valence-corrected chi connectivity index (χ1v) is 8.37. The molecule has 3 heterocycles. The molecule has 0 spiro atoms. The molecule has 0 saturated heterocycles. The molecule has 0 bridgehead atoms. The van der Waals surface area contributed by atoms with Gasteiger partial charge in [-0.2, -0.15) is 5.10 Å². The number of pyridine rings is 1. The Morgan fingerprint density at radius 2 is 1.81 bits per heavy atom. The first-order chi connectivity index (χ1) is 13.0. The summed E-state index contributed by atoms with van der Waals surface area (Å²) in [6.07, 6.45) is 1.43. The van der Waals surface area contributed by atoms with Gasteiger partial charge >= 0.3 is 0 Å². The average molecular weight is 366 g/mol. The van der Waals surface area contributed by atoms with Crippen LogP contribution in [-0.2, 0) is 0 Å². The molecule has 3 aromatic heterocycles. The van der Waals surface area contributed by atoms with Gasteiger partial charge in [-0.05, 0) is 43.7 Å². The topological polar surface area (TPSA) is 52.2 Å². The number of hydrogen-bond donors (Lipinski definition) is 0. The van der Waals surface area contributed by atoms with E-state index in [2.05, 4.69) is 10.1 Å². The van der Waals surface area contributed by atoms with Crippen LogP contribution in [-0.4, -0.2) is 19.2 Å². The third-order valence-electron chi connectivity index (χ3n) is 4.44. The summed E-state index contributed by atoms with van der Waals surface area (Å²) in [7, 11) is 0. The van der Waals surface area contributed by atoms with E-state index in [1.807, 2.05) is 26.0 Å². The van der Waals surface area contributed by atoms with Crippen LogP contribution in [0.3, 0.4) is 0 Å². The minimum atomic E-state index is -2.78. The maximum atomic E-state index is 13.7. The van der Waals surface area contributed by atoms with Gasteiger partial charge in [0.05, 0.1) is 6.20 Å². The van der Waals surface area contributed by atoms with Gasteiger partial charge in [0.15, 0.2) is 0 Å². The van der Waals surface area contributed by atoms with Crippen LogP contribution < -0.4 is 5.56 Å². The standard InChI is InChI=1S/C20H16F2N4O/c1-12-3-5-15(6-4-12)25-11-17(19(21)22)26-18(20(25)27)16(10-24-26)14-7-8-23-13(2)9-14/h3-11,19H,1-2H3. The second-order valence-corrected chi connectivity index (χ2v) is 6.37. The zero-order chi connectivity index (χ0) is 19.1. The van der Waals surface area contributed by atoms with Gasteiger partial charge in [0.2, 0.25) is 0 Å². The van der Waals surface area contributed by atoms with Crippen LogP contribution in [0, 0.1) is 13.8 Å². The lowest BCUT2D eigenvalue weighted by Gasteiger charge is -2.11. The Kier molecular flexibility index (Phi) is 4.07. The molecule has 0 aliphatic heterocycles. The fourth-order valence-corrected chi connectivity index (χ4v) is 3.08. The van der Waals surface area contributed by atoms with Gasteiger partial charge in [0.25, 0.3) is 12.0 Å². The Hall–Kier alpha value is -3.35. The van der Waals surface area contributed by atoms with Crippen molar-refractivity contribution in [2.24, 2.45) is 0 Å². The summed E-state index contributed by atoms with van der Waals surface area (Å²) in [6, 6.07) is 10.6. The highest BCUT2D eigenvalue weighted by atomic mass is 19.3. The minimum absolute atomic E-state index is 0.110. The molecule has 0 fully saturated rings. The summed E-state index contributed by atoms with van der Waals surface area (Å²) in [5, 5.41) is 4.06. The van der Waals surface area contributed by atoms with E-state index in [9.17, 15) is 13.6 Å². The van der Waals surface area contributed by atoms with Crippen molar-refractivity contribution in [2.45, 2.75) is 20.3 Å². The van der Waals surface area contributed by atoms with Crippen LogP contribution in [0.2, 0.25) is 0 Å². The second kappa shape index (κ2) is 6.42. The largest absolute Gasteiger partial charge is 0.281 e. The van der Waals surface area contributed by atoms with Crippen molar-refractivity contribution in [1.82, 2.24) is 19.2 Å². The Morgan fingerprint density at radius 3 is 2.48 bits per heavy atom. The van der Waals surface area contributed by atoms with Gasteiger partial charge in [-0.3, -0.25) is 14.3 Å². The zero-order valence-corrected chi connectivity index (χ0v) is 14.7. The lowest BCUT2D eigenvalue weighted by molar-refractivity contribution is 0.142. The molecule has 5 nitrogen and oxygen atoms in total. The monoisotopic (exact) mass is 366 g/mol. The molecule has 1 aromatic carbocycles. The number of nitrogens with zero attached hydrogens (tertiary/aromatic N) is 4. The van der Waals surface area contributed by atoms with Crippen molar-refractivity contribution < 1.29 is 8.78 Å². The van der Waals surface area contributed by atoms with Gasteiger partial charge in [-0.1, -0.05) is 17.7 Å². The number of alkyl halides is 2. The lowest BCUT2D eigenvalue weighted by Crippen LogP contribution is -2.23. The number of benzene rings is 1. The highest BCUT2D eigenvalue weighted by Gasteiger charge is 2.21. The number of rotatable bonds is 3. The molecule has 27 heavy (non-hydrogen) atoms. The van der Waals surface area contributed by atoms with E-state index >= 15 is 0 Å². The quantitative estimate of drug-likeness (QED) is 0.548. The molecule has 0 atom stereocenters. The molecule has 0 N–H and O–H groups in total. The highest BCUT2D eigenvalue weighted by molar-refractivity contribution is 5.79. The first-order valence-electron chi connectivity index (χ1n) is 8.37. The van der Waals surface area contributed by atoms with E-state index in [0.717, 1.165) is 22.0 Å². The number of hydrogen-bond acceptors (Lipinski definition) is 3. The summed E-state index contributed by atoms with van der Waals surface area (Å²) in [4.78, 5) is 17.3. The molecule has 136 valence electrons. The van der Waals surface area contributed by atoms with Crippen LogP contribution in [0.1, 0.15) is 23.4 Å². The molecule has 0 aliphatic rings. The normalized spacial score (nSPS) is 11.4. The van der Waals surface area contributed by atoms with Gasteiger partial charge in [-0.25, -0.2) is 13.3 Å². The summed E-state index contributed by atoms with van der Waals surface area (Å²) >= 11 is 0. The molecule has 4 aromatic rings. The number of aromatic nitrogens is 4. The van der Waals surface area contributed by atoms with Crippen molar-refractivity contribution >= 4 is 5.52 Å². The van der Waals surface area contributed by atoms with Crippen LogP contribution in [0.5, 0.6) is 0 Å². The number of aryl methyl sites for hydroxylation is 2. The highest BCUT2D eigenvalue weighted by Crippen LogP contribution is 2.27. The van der Waals surface area contributed by atoms with Gasteiger partial charge in [0, 0.05) is 29.3 Å². The minimum Gasteiger partial charge on any atom is -0.280 e. The van der Waals surface area contributed by atoms with Crippen LogP contribution in [0.25, 0.3) is 22.3 Å². The summed E-state index contributed by atoms with van der Waals surface area (Å²) in [5.41, 5.74) is 2.85. The third-order valence-corrected chi connectivity index (χ3v) is 4.44. The lowest BCUT2D eigenvalue weighted by atomic mass is 10.1.